The van der Waals surface area contributed by atoms with E-state index in [0.29, 0.717) is 23.1 Å². The molecule has 3 atom stereocenters. The lowest BCUT2D eigenvalue weighted by Crippen LogP contribution is -2.24. The third-order valence-corrected chi connectivity index (χ3v) is 6.63. The lowest BCUT2D eigenvalue weighted by molar-refractivity contribution is -0.112. The molecule has 0 amide bonds. The molecule has 0 bridgehead atoms. The first kappa shape index (κ1) is 16.6. The zero-order valence-corrected chi connectivity index (χ0v) is 14.7. The topological polar surface area (TPSA) is 54.4 Å². The molecular weight excluding hydrogens is 312 g/mol. The number of ketones is 2. The average molecular weight is 338 g/mol. The highest BCUT2D eigenvalue weighted by atomic mass is 16.3. The molecule has 0 spiro atoms. The van der Waals surface area contributed by atoms with Gasteiger partial charge in [-0.15, -0.1) is 0 Å². The summed E-state index contributed by atoms with van der Waals surface area (Å²) >= 11 is 0. The molecule has 2 saturated carbocycles. The highest BCUT2D eigenvalue weighted by molar-refractivity contribution is 6.52. The van der Waals surface area contributed by atoms with E-state index in [0.717, 1.165) is 30.6 Å². The summed E-state index contributed by atoms with van der Waals surface area (Å²) in [6, 6.07) is 6.84. The van der Waals surface area contributed by atoms with Gasteiger partial charge in [-0.05, 0) is 43.4 Å². The molecule has 2 fully saturated rings. The number of allylic oxidation sites excluding steroid dienone is 1. The predicted molar refractivity (Wildman–Crippen MR) is 97.4 cm³/mol. The van der Waals surface area contributed by atoms with Gasteiger partial charge < -0.3 is 5.11 Å². The zero-order chi connectivity index (χ0) is 17.4. The Balaban J connectivity index is 1.41. The van der Waals surface area contributed by atoms with E-state index in [2.05, 4.69) is 0 Å². The first-order chi connectivity index (χ1) is 12.1. The molecule has 0 saturated heterocycles. The molecule has 4 rings (SSSR count). The molecule has 3 aliphatic rings. The van der Waals surface area contributed by atoms with Crippen molar-refractivity contribution in [2.24, 2.45) is 17.8 Å². The first-order valence-corrected chi connectivity index (χ1v) is 9.75. The van der Waals surface area contributed by atoms with E-state index in [1.54, 1.807) is 24.3 Å². The van der Waals surface area contributed by atoms with Gasteiger partial charge in [-0.3, -0.25) is 9.59 Å². The van der Waals surface area contributed by atoms with Crippen LogP contribution in [0.4, 0.5) is 0 Å². The highest BCUT2D eigenvalue weighted by Gasteiger charge is 2.34. The molecule has 25 heavy (non-hydrogen) atoms. The van der Waals surface area contributed by atoms with Crippen LogP contribution in [0.25, 0.3) is 5.76 Å². The van der Waals surface area contributed by atoms with Crippen LogP contribution in [0.2, 0.25) is 0 Å². The Bertz CT molecular complexity index is 731. The average Bonchev–Trinajstić information content (AvgIpc) is 3.10. The van der Waals surface area contributed by atoms with Gasteiger partial charge in [-0.2, -0.15) is 0 Å². The van der Waals surface area contributed by atoms with Gasteiger partial charge in [-0.25, -0.2) is 0 Å². The Morgan fingerprint density at radius 2 is 1.68 bits per heavy atom. The van der Waals surface area contributed by atoms with Crippen LogP contribution in [0.1, 0.15) is 73.7 Å². The normalized spacial score (nSPS) is 28.9. The smallest absolute Gasteiger partial charge is 0.234 e. The molecule has 1 aromatic rings. The fourth-order valence-corrected chi connectivity index (χ4v) is 5.28. The number of hydrogen-bond donors (Lipinski definition) is 1. The Hall–Kier alpha value is -1.90. The van der Waals surface area contributed by atoms with Gasteiger partial charge in [0.15, 0.2) is 0 Å². The molecule has 3 aliphatic carbocycles. The van der Waals surface area contributed by atoms with Crippen molar-refractivity contribution in [2.75, 3.05) is 0 Å². The fraction of sp³-hybridized carbons (Fsp3) is 0.545. The third-order valence-electron chi connectivity index (χ3n) is 6.63. The number of benzene rings is 1. The molecule has 0 heterocycles. The number of aliphatic hydroxyl groups excluding tert-OH is 1. The number of rotatable bonds is 4. The minimum atomic E-state index is -0.518. The van der Waals surface area contributed by atoms with Crippen molar-refractivity contribution in [3.8, 4) is 0 Å². The van der Waals surface area contributed by atoms with Gasteiger partial charge >= 0.3 is 0 Å². The minimum absolute atomic E-state index is 0.0136. The van der Waals surface area contributed by atoms with Crippen molar-refractivity contribution >= 4 is 17.3 Å². The zero-order valence-electron chi connectivity index (χ0n) is 14.7. The SMILES string of the molecule is O=C1C(=O)c2ccccc2C(O)=C1CCCC1CCC2CCCC2C1. The molecule has 1 aromatic carbocycles. The van der Waals surface area contributed by atoms with E-state index >= 15 is 0 Å². The summed E-state index contributed by atoms with van der Waals surface area (Å²) in [5, 5.41) is 10.5. The molecule has 3 unspecified atom stereocenters. The summed E-state index contributed by atoms with van der Waals surface area (Å²) in [4.78, 5) is 24.6. The van der Waals surface area contributed by atoms with Crippen molar-refractivity contribution in [3.05, 3.63) is 41.0 Å². The van der Waals surface area contributed by atoms with Crippen molar-refractivity contribution in [1.29, 1.82) is 0 Å². The Labute approximate surface area is 149 Å². The number of aliphatic hydroxyl groups is 1. The lowest BCUT2D eigenvalue weighted by Gasteiger charge is -2.32. The molecule has 0 aromatic heterocycles. The van der Waals surface area contributed by atoms with Crippen LogP contribution in [0.5, 0.6) is 0 Å². The van der Waals surface area contributed by atoms with E-state index in [9.17, 15) is 14.7 Å². The van der Waals surface area contributed by atoms with Gasteiger partial charge in [0.05, 0.1) is 0 Å². The number of hydrogen-bond acceptors (Lipinski definition) is 3. The quantitative estimate of drug-likeness (QED) is 0.776. The van der Waals surface area contributed by atoms with Crippen LogP contribution in [-0.4, -0.2) is 16.7 Å². The van der Waals surface area contributed by atoms with Crippen LogP contribution in [-0.2, 0) is 4.79 Å². The number of carbonyl (C=O) groups excluding carboxylic acids is 2. The van der Waals surface area contributed by atoms with Crippen molar-refractivity contribution in [3.63, 3.8) is 0 Å². The highest BCUT2D eigenvalue weighted by Crippen LogP contribution is 2.45. The largest absolute Gasteiger partial charge is 0.507 e. The Morgan fingerprint density at radius 3 is 2.52 bits per heavy atom. The second-order valence-corrected chi connectivity index (χ2v) is 8.05. The fourth-order valence-electron chi connectivity index (χ4n) is 5.28. The van der Waals surface area contributed by atoms with E-state index in [1.165, 1.54) is 38.5 Å². The summed E-state index contributed by atoms with van der Waals surface area (Å²) in [7, 11) is 0. The van der Waals surface area contributed by atoms with Crippen LogP contribution < -0.4 is 0 Å². The first-order valence-electron chi connectivity index (χ1n) is 9.75. The Kier molecular flexibility index (Phi) is 4.49. The predicted octanol–water partition coefficient (Wildman–Crippen LogP) is 5.11. The maximum Gasteiger partial charge on any atom is 0.234 e. The Morgan fingerprint density at radius 1 is 0.920 bits per heavy atom. The molecule has 3 heteroatoms. The second-order valence-electron chi connectivity index (χ2n) is 8.05. The van der Waals surface area contributed by atoms with E-state index in [4.69, 9.17) is 0 Å². The van der Waals surface area contributed by atoms with Gasteiger partial charge in [-0.1, -0.05) is 56.4 Å². The molecule has 0 radical (unpaired) electrons. The summed E-state index contributed by atoms with van der Waals surface area (Å²) in [6.45, 7) is 0. The van der Waals surface area contributed by atoms with Crippen LogP contribution in [0.3, 0.4) is 0 Å². The van der Waals surface area contributed by atoms with Crippen molar-refractivity contribution in [2.45, 2.75) is 57.8 Å². The minimum Gasteiger partial charge on any atom is -0.507 e. The lowest BCUT2D eigenvalue weighted by atomic mass is 9.74. The maximum atomic E-state index is 12.4. The van der Waals surface area contributed by atoms with Gasteiger partial charge in [0, 0.05) is 16.7 Å². The summed E-state index contributed by atoms with van der Waals surface area (Å²) in [5.41, 5.74) is 1.15. The van der Waals surface area contributed by atoms with Crippen LogP contribution in [0.15, 0.2) is 29.8 Å². The number of carbonyl (C=O) groups is 2. The number of fused-ring (bicyclic) bond motifs is 2. The monoisotopic (exact) mass is 338 g/mol. The van der Waals surface area contributed by atoms with Crippen LogP contribution >= 0.6 is 0 Å². The molecule has 1 N–H and O–H groups in total. The van der Waals surface area contributed by atoms with Crippen LogP contribution in [0, 0.1) is 17.8 Å². The second kappa shape index (κ2) is 6.78. The molecule has 0 aliphatic heterocycles. The standard InChI is InChI=1S/C22H26O3/c23-20-17-8-1-2-9-18(17)21(24)22(25)19(20)10-3-5-14-11-12-15-6-4-7-16(15)13-14/h1-2,8-9,14-16,23H,3-7,10-13H2. The molecule has 3 nitrogen and oxygen atoms in total. The van der Waals surface area contributed by atoms with Crippen molar-refractivity contribution in [1.82, 2.24) is 0 Å². The maximum absolute atomic E-state index is 12.4. The van der Waals surface area contributed by atoms with Gasteiger partial charge in [0.25, 0.3) is 0 Å². The summed E-state index contributed by atoms with van der Waals surface area (Å²) in [6.07, 6.45) is 10.7. The molecular formula is C22H26O3. The van der Waals surface area contributed by atoms with E-state index in [-0.39, 0.29) is 5.76 Å². The summed E-state index contributed by atoms with van der Waals surface area (Å²) in [5.74, 6) is 1.67. The summed E-state index contributed by atoms with van der Waals surface area (Å²) < 4.78 is 0. The van der Waals surface area contributed by atoms with Gasteiger partial charge in [0.1, 0.15) is 5.76 Å². The third kappa shape index (κ3) is 3.05. The van der Waals surface area contributed by atoms with E-state index in [1.807, 2.05) is 0 Å². The van der Waals surface area contributed by atoms with Crippen molar-refractivity contribution < 1.29 is 14.7 Å². The molecule has 132 valence electrons. The van der Waals surface area contributed by atoms with E-state index < -0.39 is 11.6 Å². The van der Waals surface area contributed by atoms with Gasteiger partial charge in [0.2, 0.25) is 11.6 Å². The number of Topliss-reactive ketones (excluding diaryl/α,β-unsaturated/α-hetero) is 2.